The largest absolute Gasteiger partial charge is 0.493 e. The molecule has 2 aromatic carbocycles. The molecule has 1 heterocycles. The minimum absolute atomic E-state index is 0.105. The zero-order valence-electron chi connectivity index (χ0n) is 10.4. The van der Waals surface area contributed by atoms with Gasteiger partial charge in [0.2, 0.25) is 0 Å². The topological polar surface area (TPSA) is 41.5 Å². The van der Waals surface area contributed by atoms with Crippen molar-refractivity contribution in [1.82, 2.24) is 5.32 Å². The summed E-state index contributed by atoms with van der Waals surface area (Å²) in [6.07, 6.45) is 0. The van der Waals surface area contributed by atoms with Crippen LogP contribution in [-0.4, -0.2) is 25.4 Å². The fraction of sp³-hybridized carbons (Fsp3) is 0.333. The van der Waals surface area contributed by atoms with Crippen LogP contribution in [0, 0.1) is 5.92 Å². The van der Waals surface area contributed by atoms with E-state index in [2.05, 4.69) is 23.5 Å². The standard InChI is InChI=1S/C15H17NO2/c1-16-15-11(8-17)9-18-13-7-6-10-4-2-3-5-12(10)14(13)15/h2-7,11,15-17H,8-9H2,1H3. The molecule has 2 atom stereocenters. The van der Waals surface area contributed by atoms with Gasteiger partial charge in [0, 0.05) is 17.5 Å². The normalized spacial score (nSPS) is 22.6. The van der Waals surface area contributed by atoms with Crippen molar-refractivity contribution < 1.29 is 9.84 Å². The van der Waals surface area contributed by atoms with Crippen LogP contribution in [0.1, 0.15) is 11.6 Å². The number of nitrogens with one attached hydrogen (secondary N) is 1. The third kappa shape index (κ3) is 1.67. The molecule has 0 fully saturated rings. The van der Waals surface area contributed by atoms with E-state index < -0.39 is 0 Å². The summed E-state index contributed by atoms with van der Waals surface area (Å²) in [6.45, 7) is 0.696. The first kappa shape index (κ1) is 11.5. The molecule has 3 nitrogen and oxygen atoms in total. The molecule has 3 rings (SSSR count). The van der Waals surface area contributed by atoms with E-state index in [0.29, 0.717) is 6.61 Å². The molecule has 0 amide bonds. The molecule has 2 N–H and O–H groups in total. The Labute approximate surface area is 106 Å². The van der Waals surface area contributed by atoms with Gasteiger partial charge in [0.05, 0.1) is 13.2 Å². The van der Waals surface area contributed by atoms with Gasteiger partial charge in [-0.15, -0.1) is 0 Å². The first-order valence-electron chi connectivity index (χ1n) is 6.27. The first-order valence-corrected chi connectivity index (χ1v) is 6.27. The van der Waals surface area contributed by atoms with Gasteiger partial charge in [-0.3, -0.25) is 0 Å². The van der Waals surface area contributed by atoms with Crippen molar-refractivity contribution >= 4 is 10.8 Å². The fourth-order valence-corrected chi connectivity index (χ4v) is 2.79. The van der Waals surface area contributed by atoms with Crippen LogP contribution in [0.5, 0.6) is 5.75 Å². The maximum Gasteiger partial charge on any atom is 0.124 e. The summed E-state index contributed by atoms with van der Waals surface area (Å²) in [5, 5.41) is 15.2. The summed E-state index contributed by atoms with van der Waals surface area (Å²) in [7, 11) is 1.93. The van der Waals surface area contributed by atoms with Crippen molar-refractivity contribution in [2.75, 3.05) is 20.3 Å². The average Bonchev–Trinajstić information content (AvgIpc) is 2.45. The fourth-order valence-electron chi connectivity index (χ4n) is 2.79. The quantitative estimate of drug-likeness (QED) is 0.848. The minimum Gasteiger partial charge on any atom is -0.493 e. The Morgan fingerprint density at radius 3 is 2.89 bits per heavy atom. The highest BCUT2D eigenvalue weighted by atomic mass is 16.5. The van der Waals surface area contributed by atoms with Gasteiger partial charge in [0.1, 0.15) is 5.75 Å². The van der Waals surface area contributed by atoms with E-state index in [1.54, 1.807) is 0 Å². The number of hydrogen-bond donors (Lipinski definition) is 2. The maximum atomic E-state index is 9.47. The third-order valence-corrected chi connectivity index (χ3v) is 3.71. The van der Waals surface area contributed by atoms with Crippen LogP contribution in [0.3, 0.4) is 0 Å². The lowest BCUT2D eigenvalue weighted by Gasteiger charge is -2.33. The van der Waals surface area contributed by atoms with Crippen molar-refractivity contribution in [3.05, 3.63) is 42.0 Å². The van der Waals surface area contributed by atoms with Gasteiger partial charge in [0.25, 0.3) is 0 Å². The molecular weight excluding hydrogens is 226 g/mol. The second-order valence-corrected chi connectivity index (χ2v) is 4.72. The van der Waals surface area contributed by atoms with Crippen LogP contribution in [0.25, 0.3) is 10.8 Å². The molecular formula is C15H17NO2. The Bertz CT molecular complexity index is 567. The number of benzene rings is 2. The Balaban J connectivity index is 2.23. The number of hydrogen-bond acceptors (Lipinski definition) is 3. The van der Waals surface area contributed by atoms with Gasteiger partial charge in [-0.25, -0.2) is 0 Å². The van der Waals surface area contributed by atoms with Gasteiger partial charge in [-0.1, -0.05) is 30.3 Å². The number of aliphatic hydroxyl groups is 1. The van der Waals surface area contributed by atoms with Gasteiger partial charge in [-0.05, 0) is 23.9 Å². The Hall–Kier alpha value is -1.58. The van der Waals surface area contributed by atoms with Crippen molar-refractivity contribution in [2.45, 2.75) is 6.04 Å². The van der Waals surface area contributed by atoms with Crippen LogP contribution >= 0.6 is 0 Å². The molecule has 1 aliphatic heterocycles. The highest BCUT2D eigenvalue weighted by Crippen LogP contribution is 2.39. The van der Waals surface area contributed by atoms with Crippen LogP contribution in [-0.2, 0) is 0 Å². The van der Waals surface area contributed by atoms with E-state index in [9.17, 15) is 5.11 Å². The highest BCUT2D eigenvalue weighted by Gasteiger charge is 2.30. The van der Waals surface area contributed by atoms with E-state index in [-0.39, 0.29) is 18.6 Å². The zero-order valence-corrected chi connectivity index (χ0v) is 10.4. The van der Waals surface area contributed by atoms with Crippen molar-refractivity contribution in [3.63, 3.8) is 0 Å². The van der Waals surface area contributed by atoms with Gasteiger partial charge >= 0.3 is 0 Å². The smallest absolute Gasteiger partial charge is 0.124 e. The van der Waals surface area contributed by atoms with Crippen LogP contribution in [0.15, 0.2) is 36.4 Å². The molecule has 0 saturated heterocycles. The molecule has 18 heavy (non-hydrogen) atoms. The number of rotatable bonds is 2. The highest BCUT2D eigenvalue weighted by molar-refractivity contribution is 5.88. The molecule has 1 aliphatic rings. The SMILES string of the molecule is CNC1c2c(ccc3ccccc23)OCC1CO. The number of aliphatic hydroxyl groups excluding tert-OH is 1. The molecule has 0 aromatic heterocycles. The lowest BCUT2D eigenvalue weighted by atomic mass is 9.88. The van der Waals surface area contributed by atoms with Crippen LogP contribution in [0.4, 0.5) is 0 Å². The average molecular weight is 243 g/mol. The zero-order chi connectivity index (χ0) is 12.5. The summed E-state index contributed by atoms with van der Waals surface area (Å²) >= 11 is 0. The van der Waals surface area contributed by atoms with E-state index in [1.165, 1.54) is 16.3 Å². The predicted molar refractivity (Wildman–Crippen MR) is 71.8 cm³/mol. The summed E-state index contributed by atoms with van der Waals surface area (Å²) in [5.41, 5.74) is 1.17. The Morgan fingerprint density at radius 1 is 1.28 bits per heavy atom. The monoisotopic (exact) mass is 243 g/mol. The van der Waals surface area contributed by atoms with Crippen molar-refractivity contribution in [3.8, 4) is 5.75 Å². The number of fused-ring (bicyclic) bond motifs is 3. The summed E-state index contributed by atoms with van der Waals surface area (Å²) in [4.78, 5) is 0. The second kappa shape index (κ2) is 4.59. The minimum atomic E-state index is 0.105. The van der Waals surface area contributed by atoms with E-state index in [4.69, 9.17) is 4.74 Å². The molecule has 94 valence electrons. The molecule has 0 bridgehead atoms. The van der Waals surface area contributed by atoms with Crippen LogP contribution in [0.2, 0.25) is 0 Å². The Morgan fingerprint density at radius 2 is 2.11 bits per heavy atom. The number of ether oxygens (including phenoxy) is 1. The molecule has 0 aliphatic carbocycles. The lowest BCUT2D eigenvalue weighted by molar-refractivity contribution is 0.115. The molecule has 2 unspecified atom stereocenters. The first-order chi connectivity index (χ1) is 8.85. The molecule has 3 heteroatoms. The van der Waals surface area contributed by atoms with Gasteiger partial charge in [-0.2, -0.15) is 0 Å². The predicted octanol–water partition coefficient (Wildman–Crippen LogP) is 2.10. The van der Waals surface area contributed by atoms with Crippen molar-refractivity contribution in [1.29, 1.82) is 0 Å². The summed E-state index contributed by atoms with van der Waals surface area (Å²) in [5.74, 6) is 1.03. The summed E-state index contributed by atoms with van der Waals surface area (Å²) in [6, 6.07) is 12.5. The second-order valence-electron chi connectivity index (χ2n) is 4.72. The Kier molecular flexibility index (Phi) is 2.94. The van der Waals surface area contributed by atoms with Crippen LogP contribution < -0.4 is 10.1 Å². The molecule has 2 aromatic rings. The summed E-state index contributed by atoms with van der Waals surface area (Å²) < 4.78 is 5.77. The third-order valence-electron chi connectivity index (χ3n) is 3.71. The molecule has 0 spiro atoms. The maximum absolute atomic E-state index is 9.47. The van der Waals surface area contributed by atoms with E-state index in [1.807, 2.05) is 25.2 Å². The van der Waals surface area contributed by atoms with E-state index >= 15 is 0 Å². The van der Waals surface area contributed by atoms with Gasteiger partial charge in [0.15, 0.2) is 0 Å². The van der Waals surface area contributed by atoms with Crippen molar-refractivity contribution in [2.24, 2.45) is 5.92 Å². The van der Waals surface area contributed by atoms with Gasteiger partial charge < -0.3 is 15.2 Å². The van der Waals surface area contributed by atoms with E-state index in [0.717, 1.165) is 5.75 Å². The molecule has 0 radical (unpaired) electrons. The lowest BCUT2D eigenvalue weighted by Crippen LogP contribution is -2.35. The molecule has 0 saturated carbocycles.